The molecule has 1 atom stereocenters. The fourth-order valence-corrected chi connectivity index (χ4v) is 3.41. The van der Waals surface area contributed by atoms with E-state index < -0.39 is 5.97 Å². The molecule has 0 amide bonds. The van der Waals surface area contributed by atoms with Gasteiger partial charge >= 0.3 is 5.97 Å². The minimum Gasteiger partial charge on any atom is -0.478 e. The number of aryl methyl sites for hydroxylation is 1. The highest BCUT2D eigenvalue weighted by molar-refractivity contribution is 5.95. The van der Waals surface area contributed by atoms with Crippen molar-refractivity contribution in [3.8, 4) is 11.1 Å². The Bertz CT molecular complexity index is 968. The van der Waals surface area contributed by atoms with Gasteiger partial charge in [0.15, 0.2) is 5.82 Å². The fourth-order valence-electron chi connectivity index (χ4n) is 3.41. The van der Waals surface area contributed by atoms with Gasteiger partial charge in [-0.3, -0.25) is 4.90 Å². The minimum absolute atomic E-state index is 0.211. The molecule has 7 nitrogen and oxygen atoms in total. The van der Waals surface area contributed by atoms with Crippen LogP contribution in [0, 0.1) is 6.92 Å². The van der Waals surface area contributed by atoms with Gasteiger partial charge in [0.25, 0.3) is 5.89 Å². The van der Waals surface area contributed by atoms with Gasteiger partial charge in [0.2, 0.25) is 0 Å². The number of nitrogens with zero attached hydrogens (tertiary/aromatic N) is 3. The van der Waals surface area contributed by atoms with Crippen molar-refractivity contribution < 1.29 is 19.2 Å². The van der Waals surface area contributed by atoms with Crippen LogP contribution < -0.4 is 0 Å². The Morgan fingerprint density at radius 3 is 2.71 bits per heavy atom. The molecule has 0 saturated carbocycles. The van der Waals surface area contributed by atoms with Crippen LogP contribution in [0.15, 0.2) is 53.1 Å². The third kappa shape index (κ3) is 3.95. The van der Waals surface area contributed by atoms with Crippen LogP contribution in [-0.4, -0.2) is 45.8 Å². The van der Waals surface area contributed by atoms with Crippen LogP contribution in [0.5, 0.6) is 0 Å². The lowest BCUT2D eigenvalue weighted by Gasteiger charge is -2.31. The maximum atomic E-state index is 11.4. The van der Waals surface area contributed by atoms with Gasteiger partial charge in [-0.05, 0) is 29.7 Å². The Balaban J connectivity index is 1.45. The molecule has 0 bridgehead atoms. The highest BCUT2D eigenvalue weighted by atomic mass is 16.5. The number of ether oxygens (including phenoxy) is 1. The number of hydrogen-bond acceptors (Lipinski definition) is 6. The zero-order valence-electron chi connectivity index (χ0n) is 15.5. The molecule has 2 aromatic carbocycles. The molecule has 0 spiro atoms. The lowest BCUT2D eigenvalue weighted by atomic mass is 9.98. The Labute approximate surface area is 162 Å². The maximum absolute atomic E-state index is 11.4. The summed E-state index contributed by atoms with van der Waals surface area (Å²) in [5, 5.41) is 13.2. The van der Waals surface area contributed by atoms with Crippen LogP contribution in [0.4, 0.5) is 0 Å². The molecule has 7 heteroatoms. The van der Waals surface area contributed by atoms with Gasteiger partial charge in [0.1, 0.15) is 6.10 Å². The molecular weight excluding hydrogens is 358 g/mol. The van der Waals surface area contributed by atoms with E-state index in [0.717, 1.165) is 29.8 Å². The molecule has 0 radical (unpaired) electrons. The zero-order valence-corrected chi connectivity index (χ0v) is 15.5. The third-order valence-corrected chi connectivity index (χ3v) is 4.80. The van der Waals surface area contributed by atoms with Crippen LogP contribution >= 0.6 is 0 Å². The standard InChI is InChI=1S/C21H21N3O4/c1-14-22-20(28-23-14)19-13-24(10-11-27-19)12-15-6-8-16(9-7-15)17-4-2-3-5-18(17)21(25)26/h2-9,19H,10-13H2,1H3,(H,25,26)/t19-/m1/s1. The van der Waals surface area contributed by atoms with Gasteiger partial charge in [-0.15, -0.1) is 0 Å². The monoisotopic (exact) mass is 379 g/mol. The molecule has 1 fully saturated rings. The third-order valence-electron chi connectivity index (χ3n) is 4.80. The molecule has 28 heavy (non-hydrogen) atoms. The molecular formula is C21H21N3O4. The van der Waals surface area contributed by atoms with E-state index in [2.05, 4.69) is 15.0 Å². The lowest BCUT2D eigenvalue weighted by molar-refractivity contribution is -0.0475. The van der Waals surface area contributed by atoms with E-state index in [4.69, 9.17) is 9.26 Å². The summed E-state index contributed by atoms with van der Waals surface area (Å²) >= 11 is 0. The van der Waals surface area contributed by atoms with Gasteiger partial charge in [-0.25, -0.2) is 4.79 Å². The number of hydrogen-bond donors (Lipinski definition) is 1. The maximum Gasteiger partial charge on any atom is 0.336 e. The number of aromatic carboxylic acids is 1. The summed E-state index contributed by atoms with van der Waals surface area (Å²) in [6.07, 6.45) is -0.211. The summed E-state index contributed by atoms with van der Waals surface area (Å²) < 4.78 is 11.0. The first-order valence-corrected chi connectivity index (χ1v) is 9.16. The average molecular weight is 379 g/mol. The molecule has 2 heterocycles. The van der Waals surface area contributed by atoms with Crippen molar-refractivity contribution in [2.45, 2.75) is 19.6 Å². The van der Waals surface area contributed by atoms with Crippen molar-refractivity contribution in [3.05, 3.63) is 71.4 Å². The van der Waals surface area contributed by atoms with Crippen LogP contribution in [0.25, 0.3) is 11.1 Å². The van der Waals surface area contributed by atoms with E-state index in [1.807, 2.05) is 36.4 Å². The van der Waals surface area contributed by atoms with Crippen LogP contribution in [0.3, 0.4) is 0 Å². The number of rotatable bonds is 5. The Morgan fingerprint density at radius 2 is 2.00 bits per heavy atom. The molecule has 0 aliphatic carbocycles. The highest BCUT2D eigenvalue weighted by Crippen LogP contribution is 2.26. The molecule has 4 rings (SSSR count). The van der Waals surface area contributed by atoms with Gasteiger partial charge in [-0.1, -0.05) is 47.6 Å². The molecule has 1 aliphatic heterocycles. The van der Waals surface area contributed by atoms with Gasteiger partial charge < -0.3 is 14.4 Å². The number of carbonyl (C=O) groups is 1. The van der Waals surface area contributed by atoms with E-state index in [-0.39, 0.29) is 6.10 Å². The topological polar surface area (TPSA) is 88.7 Å². The second kappa shape index (κ2) is 7.92. The van der Waals surface area contributed by atoms with Gasteiger partial charge in [0, 0.05) is 19.6 Å². The summed E-state index contributed by atoms with van der Waals surface area (Å²) in [6.45, 7) is 4.68. The molecule has 1 aromatic heterocycles. The number of carboxylic acid groups (broad SMARTS) is 1. The molecule has 0 unspecified atom stereocenters. The fraction of sp³-hybridized carbons (Fsp3) is 0.286. The summed E-state index contributed by atoms with van der Waals surface area (Å²) in [5.41, 5.74) is 3.07. The SMILES string of the molecule is Cc1noc([C@H]2CN(Cc3ccc(-c4ccccc4C(=O)O)cc3)CCO2)n1. The van der Waals surface area contributed by atoms with E-state index in [9.17, 15) is 9.90 Å². The number of aromatic nitrogens is 2. The smallest absolute Gasteiger partial charge is 0.336 e. The van der Waals surface area contributed by atoms with Crippen LogP contribution in [-0.2, 0) is 11.3 Å². The molecule has 1 aliphatic rings. The van der Waals surface area contributed by atoms with Crippen molar-refractivity contribution in [1.82, 2.24) is 15.0 Å². The molecule has 144 valence electrons. The Kier molecular flexibility index (Phi) is 5.18. The highest BCUT2D eigenvalue weighted by Gasteiger charge is 2.26. The predicted molar refractivity (Wildman–Crippen MR) is 102 cm³/mol. The number of carboxylic acids is 1. The summed E-state index contributed by atoms with van der Waals surface area (Å²) in [7, 11) is 0. The Hall–Kier alpha value is -3.03. The second-order valence-corrected chi connectivity index (χ2v) is 6.82. The van der Waals surface area contributed by atoms with Crippen molar-refractivity contribution in [1.29, 1.82) is 0 Å². The first-order valence-electron chi connectivity index (χ1n) is 9.16. The first kappa shape index (κ1) is 18.3. The largest absolute Gasteiger partial charge is 0.478 e. The number of benzene rings is 2. The summed E-state index contributed by atoms with van der Waals surface area (Å²) in [4.78, 5) is 18.0. The van der Waals surface area contributed by atoms with E-state index >= 15 is 0 Å². The first-order chi connectivity index (χ1) is 13.6. The van der Waals surface area contributed by atoms with E-state index in [1.54, 1.807) is 19.1 Å². The van der Waals surface area contributed by atoms with Gasteiger partial charge in [0.05, 0.1) is 12.2 Å². The van der Waals surface area contributed by atoms with Crippen molar-refractivity contribution >= 4 is 5.97 Å². The average Bonchev–Trinajstić information content (AvgIpc) is 3.15. The summed E-state index contributed by atoms with van der Waals surface area (Å²) in [6, 6.07) is 15.1. The zero-order chi connectivity index (χ0) is 19.5. The van der Waals surface area contributed by atoms with Gasteiger partial charge in [-0.2, -0.15) is 4.98 Å². The normalized spacial score (nSPS) is 17.5. The van der Waals surface area contributed by atoms with E-state index in [1.165, 1.54) is 0 Å². The van der Waals surface area contributed by atoms with E-state index in [0.29, 0.717) is 30.4 Å². The Morgan fingerprint density at radius 1 is 1.21 bits per heavy atom. The van der Waals surface area contributed by atoms with Crippen molar-refractivity contribution in [3.63, 3.8) is 0 Å². The summed E-state index contributed by atoms with van der Waals surface area (Å²) in [5.74, 6) is 0.200. The van der Waals surface area contributed by atoms with Crippen molar-refractivity contribution in [2.75, 3.05) is 19.7 Å². The number of morpholine rings is 1. The molecule has 1 saturated heterocycles. The van der Waals surface area contributed by atoms with Crippen LogP contribution in [0.2, 0.25) is 0 Å². The molecule has 3 aromatic rings. The molecule has 1 N–H and O–H groups in total. The quantitative estimate of drug-likeness (QED) is 0.727. The minimum atomic E-state index is -0.921. The van der Waals surface area contributed by atoms with Crippen molar-refractivity contribution in [2.24, 2.45) is 0 Å². The van der Waals surface area contributed by atoms with Crippen LogP contribution in [0.1, 0.15) is 33.7 Å². The predicted octanol–water partition coefficient (Wildman–Crippen LogP) is 3.32. The second-order valence-electron chi connectivity index (χ2n) is 6.82. The lowest BCUT2D eigenvalue weighted by Crippen LogP contribution is -2.37.